The Hall–Kier alpha value is -2.89. The number of carbonyl (C=O) groups excluding carboxylic acids is 3. The average molecular weight is 1150 g/mol. The molecule has 0 radical (unpaired) electrons. The maximum atomic E-state index is 12.9. The number of allylic oxidation sites excluding steroid dienone is 10. The molecule has 0 amide bonds. The maximum Gasteiger partial charge on any atom is 0.306 e. The highest BCUT2D eigenvalue weighted by molar-refractivity contribution is 5.71. The smallest absolute Gasteiger partial charge is 0.306 e. The minimum absolute atomic E-state index is 0.0704. The van der Waals surface area contributed by atoms with E-state index in [2.05, 4.69) is 81.5 Å². The van der Waals surface area contributed by atoms with Gasteiger partial charge in [0.2, 0.25) is 0 Å². The summed E-state index contributed by atoms with van der Waals surface area (Å²) in [7, 11) is 0. The molecule has 478 valence electrons. The third kappa shape index (κ3) is 67.9. The first-order chi connectivity index (χ1) is 40.5. The normalized spacial score (nSPS) is 12.4. The maximum absolute atomic E-state index is 12.9. The number of rotatable bonds is 67. The predicted octanol–water partition coefficient (Wildman–Crippen LogP) is 25.1. The van der Waals surface area contributed by atoms with Gasteiger partial charge in [-0.05, 0) is 89.9 Å². The van der Waals surface area contributed by atoms with E-state index in [0.29, 0.717) is 19.3 Å². The summed E-state index contributed by atoms with van der Waals surface area (Å²) in [6.07, 6.45) is 91.2. The fourth-order valence-corrected chi connectivity index (χ4v) is 10.8. The second-order valence-corrected chi connectivity index (χ2v) is 24.5. The van der Waals surface area contributed by atoms with E-state index in [0.717, 1.165) is 77.0 Å². The lowest BCUT2D eigenvalue weighted by Crippen LogP contribution is -2.30. The zero-order valence-corrected chi connectivity index (χ0v) is 55.0. The summed E-state index contributed by atoms with van der Waals surface area (Å²) in [6.45, 7) is 6.65. The van der Waals surface area contributed by atoms with Crippen LogP contribution in [-0.4, -0.2) is 37.2 Å². The third-order valence-corrected chi connectivity index (χ3v) is 16.2. The van der Waals surface area contributed by atoms with Gasteiger partial charge >= 0.3 is 17.9 Å². The summed E-state index contributed by atoms with van der Waals surface area (Å²) in [5.74, 6) is -0.850. The van der Waals surface area contributed by atoms with Crippen LogP contribution in [0.25, 0.3) is 0 Å². The summed E-state index contributed by atoms with van der Waals surface area (Å²) in [4.78, 5) is 38.4. The van der Waals surface area contributed by atoms with Crippen LogP contribution in [0.15, 0.2) is 60.8 Å². The van der Waals surface area contributed by atoms with Gasteiger partial charge in [-0.3, -0.25) is 14.4 Å². The van der Waals surface area contributed by atoms with Gasteiger partial charge < -0.3 is 14.2 Å². The molecule has 0 fully saturated rings. The molecule has 0 spiro atoms. The lowest BCUT2D eigenvalue weighted by atomic mass is 10.0. The average Bonchev–Trinajstić information content (AvgIpc) is 3.47. The highest BCUT2D eigenvalue weighted by atomic mass is 16.6. The van der Waals surface area contributed by atoms with E-state index in [-0.39, 0.29) is 31.1 Å². The molecule has 0 bridgehead atoms. The van der Waals surface area contributed by atoms with Gasteiger partial charge in [-0.25, -0.2) is 0 Å². The Morgan fingerprint density at radius 1 is 0.244 bits per heavy atom. The molecule has 0 aromatic rings. The van der Waals surface area contributed by atoms with Crippen LogP contribution in [0.1, 0.15) is 387 Å². The molecule has 1 atom stereocenters. The monoisotopic (exact) mass is 1150 g/mol. The number of unbranched alkanes of at least 4 members (excludes halogenated alkanes) is 46. The van der Waals surface area contributed by atoms with E-state index in [4.69, 9.17) is 14.2 Å². The predicted molar refractivity (Wildman–Crippen MR) is 358 cm³/mol. The molecule has 0 aromatic carbocycles. The van der Waals surface area contributed by atoms with Crippen molar-refractivity contribution in [2.75, 3.05) is 13.2 Å². The lowest BCUT2D eigenvalue weighted by Gasteiger charge is -2.18. The zero-order valence-electron chi connectivity index (χ0n) is 55.0. The van der Waals surface area contributed by atoms with Crippen LogP contribution in [0.2, 0.25) is 0 Å². The van der Waals surface area contributed by atoms with Crippen LogP contribution < -0.4 is 0 Å². The Kier molecular flexibility index (Phi) is 68.1. The van der Waals surface area contributed by atoms with E-state index < -0.39 is 6.10 Å². The van der Waals surface area contributed by atoms with Crippen LogP contribution in [0, 0.1) is 0 Å². The second kappa shape index (κ2) is 70.6. The van der Waals surface area contributed by atoms with Crippen LogP contribution >= 0.6 is 0 Å². The Bertz CT molecular complexity index is 1460. The summed E-state index contributed by atoms with van der Waals surface area (Å²) in [6, 6.07) is 0. The van der Waals surface area contributed by atoms with Gasteiger partial charge in [-0.15, -0.1) is 0 Å². The zero-order chi connectivity index (χ0) is 59.2. The van der Waals surface area contributed by atoms with Gasteiger partial charge in [0.25, 0.3) is 0 Å². The topological polar surface area (TPSA) is 78.9 Å². The molecule has 0 aromatic heterocycles. The first-order valence-electron chi connectivity index (χ1n) is 36.3. The molecule has 0 aliphatic carbocycles. The third-order valence-electron chi connectivity index (χ3n) is 16.2. The van der Waals surface area contributed by atoms with Crippen molar-refractivity contribution >= 4 is 17.9 Å². The van der Waals surface area contributed by atoms with E-state index >= 15 is 0 Å². The summed E-state index contributed by atoms with van der Waals surface area (Å²) in [5, 5.41) is 0. The van der Waals surface area contributed by atoms with Gasteiger partial charge in [-0.1, -0.05) is 338 Å². The quantitative estimate of drug-likeness (QED) is 0.0261. The first-order valence-corrected chi connectivity index (χ1v) is 36.3. The summed E-state index contributed by atoms with van der Waals surface area (Å²) >= 11 is 0. The van der Waals surface area contributed by atoms with Crippen molar-refractivity contribution in [3.63, 3.8) is 0 Å². The number of hydrogen-bond acceptors (Lipinski definition) is 6. The number of esters is 3. The van der Waals surface area contributed by atoms with Crippen molar-refractivity contribution in [2.24, 2.45) is 0 Å². The minimum atomic E-state index is -0.774. The van der Waals surface area contributed by atoms with E-state index in [1.54, 1.807) is 0 Å². The molecule has 0 aliphatic rings. The Morgan fingerprint density at radius 3 is 0.707 bits per heavy atom. The van der Waals surface area contributed by atoms with Crippen molar-refractivity contribution in [3.8, 4) is 0 Å². The first kappa shape index (κ1) is 79.1. The van der Waals surface area contributed by atoms with Crippen molar-refractivity contribution in [1.82, 2.24) is 0 Å². The minimum Gasteiger partial charge on any atom is -0.462 e. The van der Waals surface area contributed by atoms with Gasteiger partial charge in [-0.2, -0.15) is 0 Å². The summed E-state index contributed by atoms with van der Waals surface area (Å²) in [5.41, 5.74) is 0. The molecule has 0 N–H and O–H groups in total. The molecule has 82 heavy (non-hydrogen) atoms. The van der Waals surface area contributed by atoms with Crippen molar-refractivity contribution in [3.05, 3.63) is 60.8 Å². The molecule has 1 unspecified atom stereocenters. The highest BCUT2D eigenvalue weighted by Crippen LogP contribution is 2.18. The molecule has 6 nitrogen and oxygen atoms in total. The molecule has 0 saturated heterocycles. The van der Waals surface area contributed by atoms with Gasteiger partial charge in [0.1, 0.15) is 13.2 Å². The second-order valence-electron chi connectivity index (χ2n) is 24.5. The van der Waals surface area contributed by atoms with Crippen LogP contribution in [0.4, 0.5) is 0 Å². The molecule has 0 rings (SSSR count). The number of hydrogen-bond donors (Lipinski definition) is 0. The van der Waals surface area contributed by atoms with E-state index in [9.17, 15) is 14.4 Å². The van der Waals surface area contributed by atoms with Gasteiger partial charge in [0.05, 0.1) is 0 Å². The molecular weight excluding hydrogens is 1010 g/mol. The molecular formula is C76H138O6. The van der Waals surface area contributed by atoms with Gasteiger partial charge in [0, 0.05) is 19.3 Å². The van der Waals surface area contributed by atoms with Crippen LogP contribution in [0.5, 0.6) is 0 Å². The molecule has 0 saturated carbocycles. The fourth-order valence-electron chi connectivity index (χ4n) is 10.8. The van der Waals surface area contributed by atoms with Crippen molar-refractivity contribution < 1.29 is 28.6 Å². The standard InChI is InChI=1S/C76H138O6/c1-4-7-10-13-16-19-22-25-27-29-31-32-33-34-35-36-37-38-39-40-41-42-43-44-46-47-49-51-54-57-60-63-66-69-75(78)81-72-73(71-80-74(77)68-65-62-59-56-53-24-21-18-15-12-9-6-3)82-76(79)70-67-64-61-58-55-52-50-48-45-30-28-26-23-20-17-14-11-8-5-2/h17,20,22,25-26,28-29,31,33-34,73H,4-16,18-19,21,23-24,27,30,32,35-72H2,1-3H3/b20-17-,25-22-,28-26-,31-29-,34-33-. The Labute approximate surface area is 510 Å². The molecule has 0 aliphatic heterocycles. The highest BCUT2D eigenvalue weighted by Gasteiger charge is 2.19. The van der Waals surface area contributed by atoms with Crippen LogP contribution in [0.3, 0.4) is 0 Å². The largest absolute Gasteiger partial charge is 0.462 e. The Morgan fingerprint density at radius 2 is 0.439 bits per heavy atom. The van der Waals surface area contributed by atoms with Gasteiger partial charge in [0.15, 0.2) is 6.10 Å². The summed E-state index contributed by atoms with van der Waals surface area (Å²) < 4.78 is 17.0. The van der Waals surface area contributed by atoms with E-state index in [1.165, 1.54) is 270 Å². The van der Waals surface area contributed by atoms with Crippen molar-refractivity contribution in [1.29, 1.82) is 0 Å². The molecule has 0 heterocycles. The fraction of sp³-hybridized carbons (Fsp3) is 0.829. The molecule has 6 heteroatoms. The van der Waals surface area contributed by atoms with E-state index in [1.807, 2.05) is 0 Å². The number of carbonyl (C=O) groups is 3. The van der Waals surface area contributed by atoms with Crippen LogP contribution in [-0.2, 0) is 28.6 Å². The lowest BCUT2D eigenvalue weighted by molar-refractivity contribution is -0.167. The number of ether oxygens (including phenoxy) is 3. The SMILES string of the molecule is CCCCC/C=C\C/C=C\CCCCCCCCCCCC(=O)OC(COC(=O)CCCCCCCCCCCCCC)COC(=O)CCCCCCCCCCCCCCCCCCCC/C=C\C/C=C\C/C=C\CCCCCCC. The Balaban J connectivity index is 4.14. The van der Waals surface area contributed by atoms with Crippen molar-refractivity contribution in [2.45, 2.75) is 393 Å².